The Balaban J connectivity index is 2.98. The molecule has 0 aliphatic carbocycles. The van der Waals surface area contributed by atoms with E-state index in [-0.39, 0.29) is 5.91 Å². The van der Waals surface area contributed by atoms with Gasteiger partial charge in [-0.15, -0.1) is 0 Å². The van der Waals surface area contributed by atoms with Crippen molar-refractivity contribution in [2.24, 2.45) is 0 Å². The average Bonchev–Trinajstić information content (AvgIpc) is 2.50. The van der Waals surface area contributed by atoms with E-state index in [2.05, 4.69) is 6.92 Å². The van der Waals surface area contributed by atoms with E-state index < -0.39 is 0 Å². The molecule has 1 amide bonds. The smallest absolute Gasteiger partial charge is 0.243 e. The van der Waals surface area contributed by atoms with Crippen LogP contribution in [-0.2, 0) is 4.79 Å². The van der Waals surface area contributed by atoms with Gasteiger partial charge in [0.25, 0.3) is 0 Å². The quantitative estimate of drug-likeness (QED) is 0.216. The third kappa shape index (κ3) is 17.4. The Morgan fingerprint density at radius 1 is 0.667 bits per heavy atom. The predicted octanol–water partition coefficient (Wildman–Crippen LogP) is 5.75. The number of hydrogen-bond acceptors (Lipinski definition) is 2. The Morgan fingerprint density at radius 2 is 1.00 bits per heavy atom. The van der Waals surface area contributed by atoms with Gasteiger partial charge in [0.1, 0.15) is 0 Å². The number of amides is 1. The molecule has 0 spiro atoms. The second kappa shape index (κ2) is 17.5. The van der Waals surface area contributed by atoms with Gasteiger partial charge in [0.05, 0.1) is 0 Å². The number of carbonyl (C=O) groups is 1. The first-order chi connectivity index (χ1) is 10.3. The maximum atomic E-state index is 10.8. The minimum absolute atomic E-state index is 0.260. The van der Waals surface area contributed by atoms with Crippen LogP contribution in [-0.4, -0.2) is 11.1 Å². The van der Waals surface area contributed by atoms with E-state index in [0.717, 1.165) is 12.8 Å². The van der Waals surface area contributed by atoms with Gasteiger partial charge in [0.2, 0.25) is 5.91 Å². The van der Waals surface area contributed by atoms with Crippen LogP contribution < -0.4 is 5.48 Å². The highest BCUT2D eigenvalue weighted by Gasteiger charge is 1.98. The van der Waals surface area contributed by atoms with E-state index in [0.29, 0.717) is 6.42 Å². The Hall–Kier alpha value is -0.570. The second-order valence-electron chi connectivity index (χ2n) is 6.23. The van der Waals surface area contributed by atoms with E-state index in [9.17, 15) is 4.79 Å². The Morgan fingerprint density at radius 3 is 1.33 bits per heavy atom. The van der Waals surface area contributed by atoms with Crippen LogP contribution in [0.2, 0.25) is 0 Å². The zero-order valence-corrected chi connectivity index (χ0v) is 14.2. The number of rotatable bonds is 16. The number of hydrogen-bond donors (Lipinski definition) is 2. The second-order valence-corrected chi connectivity index (χ2v) is 6.23. The molecule has 0 aromatic carbocycles. The fraction of sp³-hybridized carbons (Fsp3) is 0.944. The van der Waals surface area contributed by atoms with E-state index in [1.807, 2.05) is 0 Å². The summed E-state index contributed by atoms with van der Waals surface area (Å²) >= 11 is 0. The van der Waals surface area contributed by atoms with Crippen LogP contribution in [0.3, 0.4) is 0 Å². The molecule has 3 nitrogen and oxygen atoms in total. The van der Waals surface area contributed by atoms with Crippen molar-refractivity contribution in [3.63, 3.8) is 0 Å². The lowest BCUT2D eigenvalue weighted by Crippen LogP contribution is -2.17. The van der Waals surface area contributed by atoms with Gasteiger partial charge >= 0.3 is 0 Å². The highest BCUT2D eigenvalue weighted by atomic mass is 16.5. The van der Waals surface area contributed by atoms with Crippen molar-refractivity contribution in [3.05, 3.63) is 0 Å². The zero-order chi connectivity index (χ0) is 15.6. The van der Waals surface area contributed by atoms with Crippen LogP contribution >= 0.6 is 0 Å². The van der Waals surface area contributed by atoms with Crippen molar-refractivity contribution in [1.29, 1.82) is 0 Å². The molecule has 0 aliphatic heterocycles. The topological polar surface area (TPSA) is 49.3 Å². The van der Waals surface area contributed by atoms with Gasteiger partial charge < -0.3 is 0 Å². The van der Waals surface area contributed by atoms with Crippen molar-refractivity contribution < 1.29 is 10.0 Å². The molecule has 2 N–H and O–H groups in total. The van der Waals surface area contributed by atoms with Crippen molar-refractivity contribution in [1.82, 2.24) is 5.48 Å². The number of unbranched alkanes of at least 4 members (excludes halogenated alkanes) is 14. The molecule has 0 atom stereocenters. The van der Waals surface area contributed by atoms with Crippen LogP contribution in [0.25, 0.3) is 0 Å². The van der Waals surface area contributed by atoms with Crippen LogP contribution in [0.1, 0.15) is 110 Å². The third-order valence-electron chi connectivity index (χ3n) is 4.13. The molecule has 0 fully saturated rings. The molecule has 0 unspecified atom stereocenters. The first kappa shape index (κ1) is 20.4. The summed E-state index contributed by atoms with van der Waals surface area (Å²) in [6, 6.07) is 0. The van der Waals surface area contributed by atoms with E-state index in [4.69, 9.17) is 5.21 Å². The van der Waals surface area contributed by atoms with Crippen molar-refractivity contribution in [2.45, 2.75) is 110 Å². The molecule has 0 aromatic heterocycles. The van der Waals surface area contributed by atoms with Gasteiger partial charge in [-0.2, -0.15) is 0 Å². The maximum Gasteiger partial charge on any atom is 0.243 e. The lowest BCUT2D eigenvalue weighted by molar-refractivity contribution is -0.129. The summed E-state index contributed by atoms with van der Waals surface area (Å²) in [6.45, 7) is 2.27. The van der Waals surface area contributed by atoms with Crippen molar-refractivity contribution in [3.8, 4) is 0 Å². The summed E-state index contributed by atoms with van der Waals surface area (Å²) in [4.78, 5) is 10.8. The van der Waals surface area contributed by atoms with Crippen LogP contribution in [0.5, 0.6) is 0 Å². The minimum Gasteiger partial charge on any atom is -0.289 e. The third-order valence-corrected chi connectivity index (χ3v) is 4.13. The van der Waals surface area contributed by atoms with Gasteiger partial charge in [-0.25, -0.2) is 5.48 Å². The van der Waals surface area contributed by atoms with Crippen LogP contribution in [0.4, 0.5) is 0 Å². The lowest BCUT2D eigenvalue weighted by Gasteiger charge is -2.03. The number of hydroxylamine groups is 1. The summed E-state index contributed by atoms with van der Waals surface area (Å²) in [7, 11) is 0. The molecule has 0 saturated heterocycles. The fourth-order valence-electron chi connectivity index (χ4n) is 2.71. The number of carbonyl (C=O) groups excluding carboxylic acids is 1. The van der Waals surface area contributed by atoms with Gasteiger partial charge in [-0.1, -0.05) is 96.8 Å². The molecule has 126 valence electrons. The molecule has 0 radical (unpaired) electrons. The summed E-state index contributed by atoms with van der Waals surface area (Å²) in [6.07, 6.45) is 20.3. The molecule has 0 heterocycles. The molecule has 0 bridgehead atoms. The molecule has 0 aliphatic rings. The summed E-state index contributed by atoms with van der Waals surface area (Å²) in [5, 5.41) is 8.35. The maximum absolute atomic E-state index is 10.8. The highest BCUT2D eigenvalue weighted by Crippen LogP contribution is 2.13. The molecule has 21 heavy (non-hydrogen) atoms. The first-order valence-corrected chi connectivity index (χ1v) is 9.24. The largest absolute Gasteiger partial charge is 0.289 e. The highest BCUT2D eigenvalue weighted by molar-refractivity contribution is 5.74. The summed E-state index contributed by atoms with van der Waals surface area (Å²) in [5.41, 5.74) is 1.68. The lowest BCUT2D eigenvalue weighted by atomic mass is 10.0. The molecular weight excluding hydrogens is 262 g/mol. The molecule has 3 heteroatoms. The van der Waals surface area contributed by atoms with Crippen molar-refractivity contribution >= 4 is 5.91 Å². The first-order valence-electron chi connectivity index (χ1n) is 9.24. The van der Waals surface area contributed by atoms with E-state index >= 15 is 0 Å². The number of nitrogens with one attached hydrogen (secondary N) is 1. The molecule has 0 aromatic rings. The summed E-state index contributed by atoms with van der Waals surface area (Å²) < 4.78 is 0. The normalized spacial score (nSPS) is 10.8. The Kier molecular flexibility index (Phi) is 17.0. The van der Waals surface area contributed by atoms with Gasteiger partial charge in [0, 0.05) is 6.42 Å². The molecule has 0 saturated carbocycles. The SMILES string of the molecule is CCCCCCCCCCCCCCCCCC(=O)NO. The fourth-order valence-corrected chi connectivity index (χ4v) is 2.71. The van der Waals surface area contributed by atoms with Crippen LogP contribution in [0, 0.1) is 0 Å². The van der Waals surface area contributed by atoms with Gasteiger partial charge in [-0.05, 0) is 6.42 Å². The van der Waals surface area contributed by atoms with Crippen molar-refractivity contribution in [2.75, 3.05) is 0 Å². The Labute approximate surface area is 131 Å². The summed E-state index contributed by atoms with van der Waals surface area (Å²) in [5.74, 6) is -0.260. The van der Waals surface area contributed by atoms with Gasteiger partial charge in [-0.3, -0.25) is 10.0 Å². The van der Waals surface area contributed by atoms with Crippen LogP contribution in [0.15, 0.2) is 0 Å². The average molecular weight is 299 g/mol. The van der Waals surface area contributed by atoms with E-state index in [1.165, 1.54) is 83.5 Å². The Bertz CT molecular complexity index is 219. The monoisotopic (exact) mass is 299 g/mol. The standard InChI is InChI=1S/C18H37NO2/c1-2-3-4-5-6-7-8-9-10-11-12-13-14-15-16-17-18(20)19-21/h21H,2-17H2,1H3,(H,19,20). The minimum atomic E-state index is -0.260. The zero-order valence-electron chi connectivity index (χ0n) is 14.2. The van der Waals surface area contributed by atoms with E-state index in [1.54, 1.807) is 5.48 Å². The van der Waals surface area contributed by atoms with Gasteiger partial charge in [0.15, 0.2) is 0 Å². The molecular formula is C18H37NO2. The molecule has 0 rings (SSSR count). The predicted molar refractivity (Wildman–Crippen MR) is 89.5 cm³/mol.